The molecule has 1 aliphatic rings. The van der Waals surface area contributed by atoms with Crippen molar-refractivity contribution < 1.29 is 9.90 Å². The minimum absolute atomic E-state index is 0.354. The van der Waals surface area contributed by atoms with Crippen molar-refractivity contribution in [1.82, 2.24) is 0 Å². The highest BCUT2D eigenvalue weighted by atomic mass is 16.4. The molecule has 0 saturated heterocycles. The second-order valence-corrected chi connectivity index (χ2v) is 5.09. The minimum atomic E-state index is -0.867. The maximum Gasteiger partial charge on any atom is 0.335 e. The lowest BCUT2D eigenvalue weighted by Crippen LogP contribution is -2.16. The Morgan fingerprint density at radius 1 is 1.41 bits per heavy atom. The van der Waals surface area contributed by atoms with Gasteiger partial charge < -0.3 is 10.4 Å². The lowest BCUT2D eigenvalue weighted by atomic mass is 10.1. The van der Waals surface area contributed by atoms with E-state index >= 15 is 0 Å². The highest BCUT2D eigenvalue weighted by Crippen LogP contribution is 2.28. The Kier molecular flexibility index (Phi) is 3.36. The Morgan fingerprint density at radius 2 is 2.18 bits per heavy atom. The monoisotopic (exact) mass is 233 g/mol. The van der Waals surface area contributed by atoms with Gasteiger partial charge in [-0.2, -0.15) is 0 Å². The molecule has 0 radical (unpaired) electrons. The van der Waals surface area contributed by atoms with E-state index in [1.165, 1.54) is 19.3 Å². The number of hydrogen-bond acceptors (Lipinski definition) is 2. The zero-order valence-electron chi connectivity index (χ0n) is 10.4. The molecule has 1 aromatic rings. The smallest absolute Gasteiger partial charge is 0.335 e. The molecular formula is C14H19NO2. The number of benzene rings is 1. The fourth-order valence-electron chi connectivity index (χ4n) is 2.52. The molecule has 2 N–H and O–H groups in total. The topological polar surface area (TPSA) is 49.3 Å². The number of aromatic carboxylic acids is 1. The van der Waals surface area contributed by atoms with Crippen LogP contribution in [0.3, 0.4) is 0 Å². The molecule has 1 aromatic carbocycles. The Labute approximate surface area is 102 Å². The van der Waals surface area contributed by atoms with Gasteiger partial charge in [0, 0.05) is 11.7 Å². The number of carbonyl (C=O) groups is 1. The molecule has 0 heterocycles. The maximum absolute atomic E-state index is 10.8. The lowest BCUT2D eigenvalue weighted by molar-refractivity contribution is 0.0697. The van der Waals surface area contributed by atoms with Crippen LogP contribution in [0, 0.1) is 12.8 Å². The molecule has 0 spiro atoms. The molecular weight excluding hydrogens is 214 g/mol. The number of carboxylic acid groups (broad SMARTS) is 1. The molecule has 17 heavy (non-hydrogen) atoms. The maximum atomic E-state index is 10.8. The van der Waals surface area contributed by atoms with Gasteiger partial charge in [-0.1, -0.05) is 6.92 Å². The minimum Gasteiger partial charge on any atom is -0.478 e. The number of nitrogens with one attached hydrogen (secondary N) is 1. The van der Waals surface area contributed by atoms with Crippen molar-refractivity contribution in [1.29, 1.82) is 0 Å². The molecule has 92 valence electrons. The van der Waals surface area contributed by atoms with Crippen LogP contribution in [-0.2, 0) is 0 Å². The summed E-state index contributed by atoms with van der Waals surface area (Å²) in [5, 5.41) is 12.4. The second kappa shape index (κ2) is 4.78. The van der Waals surface area contributed by atoms with Gasteiger partial charge in [0.15, 0.2) is 0 Å². The molecule has 1 aliphatic carbocycles. The lowest BCUT2D eigenvalue weighted by Gasteiger charge is -2.16. The standard InChI is InChI=1S/C14H19NO2/c1-9-3-5-12(7-9)15-13-6-4-11(14(16)17)8-10(13)2/h4,6,8-9,12,15H,3,5,7H2,1-2H3,(H,16,17). The van der Waals surface area contributed by atoms with E-state index in [2.05, 4.69) is 12.2 Å². The van der Waals surface area contributed by atoms with Crippen LogP contribution in [0.2, 0.25) is 0 Å². The van der Waals surface area contributed by atoms with Gasteiger partial charge in [-0.25, -0.2) is 4.79 Å². The average molecular weight is 233 g/mol. The van der Waals surface area contributed by atoms with Crippen LogP contribution in [0.25, 0.3) is 0 Å². The summed E-state index contributed by atoms with van der Waals surface area (Å²) in [4.78, 5) is 10.8. The van der Waals surface area contributed by atoms with Crippen molar-refractivity contribution in [2.45, 2.75) is 39.2 Å². The van der Waals surface area contributed by atoms with Crippen LogP contribution < -0.4 is 5.32 Å². The molecule has 0 aromatic heterocycles. The van der Waals surface area contributed by atoms with Crippen molar-refractivity contribution in [2.75, 3.05) is 5.32 Å². The predicted molar refractivity (Wildman–Crippen MR) is 68.6 cm³/mol. The van der Waals surface area contributed by atoms with Gasteiger partial charge in [0.25, 0.3) is 0 Å². The Hall–Kier alpha value is -1.51. The third kappa shape index (κ3) is 2.78. The SMILES string of the molecule is Cc1cc(C(=O)O)ccc1NC1CCC(C)C1. The molecule has 0 bridgehead atoms. The van der Waals surface area contributed by atoms with Crippen LogP contribution in [0.15, 0.2) is 18.2 Å². The van der Waals surface area contributed by atoms with E-state index in [4.69, 9.17) is 5.11 Å². The molecule has 0 aliphatic heterocycles. The Balaban J connectivity index is 2.09. The Bertz CT molecular complexity index is 428. The molecule has 2 unspecified atom stereocenters. The Morgan fingerprint density at radius 3 is 2.71 bits per heavy atom. The fourth-order valence-corrected chi connectivity index (χ4v) is 2.52. The third-order valence-corrected chi connectivity index (χ3v) is 3.53. The van der Waals surface area contributed by atoms with Crippen molar-refractivity contribution in [2.24, 2.45) is 5.92 Å². The third-order valence-electron chi connectivity index (χ3n) is 3.53. The summed E-state index contributed by atoms with van der Waals surface area (Å²) < 4.78 is 0. The van der Waals surface area contributed by atoms with Gasteiger partial charge >= 0.3 is 5.97 Å². The number of aryl methyl sites for hydroxylation is 1. The summed E-state index contributed by atoms with van der Waals surface area (Å²) in [7, 11) is 0. The van der Waals surface area contributed by atoms with Crippen molar-refractivity contribution in [3.05, 3.63) is 29.3 Å². The zero-order valence-corrected chi connectivity index (χ0v) is 10.4. The second-order valence-electron chi connectivity index (χ2n) is 5.09. The van der Waals surface area contributed by atoms with Crippen LogP contribution >= 0.6 is 0 Å². The number of carboxylic acids is 1. The summed E-state index contributed by atoms with van der Waals surface area (Å²) >= 11 is 0. The fraction of sp³-hybridized carbons (Fsp3) is 0.500. The van der Waals surface area contributed by atoms with Crippen molar-refractivity contribution >= 4 is 11.7 Å². The van der Waals surface area contributed by atoms with E-state index in [-0.39, 0.29) is 0 Å². The number of hydrogen-bond donors (Lipinski definition) is 2. The normalized spacial score (nSPS) is 23.6. The molecule has 2 rings (SSSR count). The largest absolute Gasteiger partial charge is 0.478 e. The number of anilines is 1. The predicted octanol–water partition coefficient (Wildman–Crippen LogP) is 3.29. The van der Waals surface area contributed by atoms with Crippen molar-refractivity contribution in [3.8, 4) is 0 Å². The highest BCUT2D eigenvalue weighted by molar-refractivity contribution is 5.88. The van der Waals surface area contributed by atoms with Crippen LogP contribution in [0.4, 0.5) is 5.69 Å². The first-order valence-electron chi connectivity index (χ1n) is 6.16. The van der Waals surface area contributed by atoms with E-state index in [0.29, 0.717) is 11.6 Å². The quantitative estimate of drug-likeness (QED) is 0.842. The molecule has 3 heteroatoms. The zero-order chi connectivity index (χ0) is 12.4. The van der Waals surface area contributed by atoms with Gasteiger partial charge in [-0.05, 0) is 55.9 Å². The van der Waals surface area contributed by atoms with Gasteiger partial charge in [-0.3, -0.25) is 0 Å². The van der Waals surface area contributed by atoms with Gasteiger partial charge in [0.2, 0.25) is 0 Å². The average Bonchev–Trinajstić information content (AvgIpc) is 2.67. The summed E-state index contributed by atoms with van der Waals surface area (Å²) in [6, 6.07) is 5.81. The summed E-state index contributed by atoms with van der Waals surface area (Å²) in [6.07, 6.45) is 3.70. The van der Waals surface area contributed by atoms with Crippen LogP contribution in [0.5, 0.6) is 0 Å². The highest BCUT2D eigenvalue weighted by Gasteiger charge is 2.21. The summed E-state index contributed by atoms with van der Waals surface area (Å²) in [6.45, 7) is 4.23. The molecule has 1 saturated carbocycles. The van der Waals surface area contributed by atoms with Gasteiger partial charge in [-0.15, -0.1) is 0 Å². The summed E-state index contributed by atoms with van der Waals surface area (Å²) in [5.74, 6) is -0.0692. The first-order chi connectivity index (χ1) is 8.06. The van der Waals surface area contributed by atoms with Crippen LogP contribution in [0.1, 0.15) is 42.1 Å². The first-order valence-corrected chi connectivity index (χ1v) is 6.16. The molecule has 0 amide bonds. The summed E-state index contributed by atoms with van der Waals surface area (Å²) in [5.41, 5.74) is 2.42. The number of rotatable bonds is 3. The van der Waals surface area contributed by atoms with Crippen LogP contribution in [-0.4, -0.2) is 17.1 Å². The molecule has 3 nitrogen and oxygen atoms in total. The van der Waals surface area contributed by atoms with Gasteiger partial charge in [0.05, 0.1) is 5.56 Å². The van der Waals surface area contributed by atoms with E-state index in [0.717, 1.165) is 17.2 Å². The van der Waals surface area contributed by atoms with E-state index in [1.54, 1.807) is 12.1 Å². The first kappa shape index (κ1) is 12.0. The van der Waals surface area contributed by atoms with E-state index in [1.807, 2.05) is 13.0 Å². The van der Waals surface area contributed by atoms with E-state index in [9.17, 15) is 4.79 Å². The molecule has 1 fully saturated rings. The van der Waals surface area contributed by atoms with Gasteiger partial charge in [0.1, 0.15) is 0 Å². The molecule has 2 atom stereocenters. The van der Waals surface area contributed by atoms with Crippen molar-refractivity contribution in [3.63, 3.8) is 0 Å². The van der Waals surface area contributed by atoms with E-state index < -0.39 is 5.97 Å².